The molecule has 0 bridgehead atoms. The van der Waals surface area contributed by atoms with Crippen LogP contribution in [0.2, 0.25) is 5.02 Å². The van der Waals surface area contributed by atoms with E-state index in [0.717, 1.165) is 5.56 Å². The molecule has 1 aliphatic heterocycles. The van der Waals surface area contributed by atoms with Gasteiger partial charge in [0.1, 0.15) is 24.4 Å². The summed E-state index contributed by atoms with van der Waals surface area (Å²) in [4.78, 5) is 0. The number of hydrogen-bond donors (Lipinski definition) is 4. The van der Waals surface area contributed by atoms with E-state index in [0.29, 0.717) is 10.6 Å². The summed E-state index contributed by atoms with van der Waals surface area (Å²) in [6.45, 7) is 0.835. The quantitative estimate of drug-likeness (QED) is 0.630. The van der Waals surface area contributed by atoms with Gasteiger partial charge in [-0.2, -0.15) is 0 Å². The molecule has 0 radical (unpaired) electrons. The zero-order valence-corrected chi connectivity index (χ0v) is 12.3. The van der Waals surface area contributed by atoms with Gasteiger partial charge < -0.3 is 29.9 Å². The van der Waals surface area contributed by atoms with E-state index >= 15 is 0 Å². The first-order valence-electron chi connectivity index (χ1n) is 6.62. The van der Waals surface area contributed by atoms with Crippen LogP contribution in [0.1, 0.15) is 17.4 Å². The van der Waals surface area contributed by atoms with Crippen molar-refractivity contribution in [2.24, 2.45) is 0 Å². The van der Waals surface area contributed by atoms with Crippen LogP contribution in [0.25, 0.3) is 0 Å². The van der Waals surface area contributed by atoms with E-state index in [1.165, 1.54) is 0 Å². The van der Waals surface area contributed by atoms with Crippen LogP contribution in [0.3, 0.4) is 0 Å². The van der Waals surface area contributed by atoms with Crippen molar-refractivity contribution < 1.29 is 29.9 Å². The SMILES string of the molecule is Cc1cc(C2O[C@H]([C@H](O)CO)[C@H](O)[C@H](CO)O2)ccc1Cl. The van der Waals surface area contributed by atoms with Gasteiger partial charge in [0, 0.05) is 10.6 Å². The smallest absolute Gasteiger partial charge is 0.184 e. The molecule has 118 valence electrons. The van der Waals surface area contributed by atoms with Crippen LogP contribution in [0.5, 0.6) is 0 Å². The molecule has 0 aromatic heterocycles. The molecule has 1 heterocycles. The third kappa shape index (κ3) is 3.54. The lowest BCUT2D eigenvalue weighted by atomic mass is 10.0. The zero-order valence-electron chi connectivity index (χ0n) is 11.5. The maximum absolute atomic E-state index is 9.99. The van der Waals surface area contributed by atoms with Crippen LogP contribution in [-0.2, 0) is 9.47 Å². The lowest BCUT2D eigenvalue weighted by molar-refractivity contribution is -0.310. The predicted molar refractivity (Wildman–Crippen MR) is 74.9 cm³/mol. The van der Waals surface area contributed by atoms with E-state index in [4.69, 9.17) is 26.2 Å². The standard InChI is InChI=1S/C14H19ClO6/c1-7-4-8(2-3-9(7)15)14-20-11(6-17)12(19)13(21-14)10(18)5-16/h2-4,10-14,16-19H,5-6H2,1H3/t10-,11+,12-,13-,14?/m1/s1. The molecule has 5 atom stereocenters. The first-order valence-corrected chi connectivity index (χ1v) is 7.00. The molecule has 1 aliphatic rings. The van der Waals surface area contributed by atoms with Gasteiger partial charge in [0.2, 0.25) is 0 Å². The van der Waals surface area contributed by atoms with Crippen molar-refractivity contribution in [1.82, 2.24) is 0 Å². The second-order valence-corrected chi connectivity index (χ2v) is 5.45. The van der Waals surface area contributed by atoms with E-state index < -0.39 is 43.9 Å². The van der Waals surface area contributed by atoms with Crippen LogP contribution in [0, 0.1) is 6.92 Å². The summed E-state index contributed by atoms with van der Waals surface area (Å²) < 4.78 is 11.0. The summed E-state index contributed by atoms with van der Waals surface area (Å²) in [7, 11) is 0. The van der Waals surface area contributed by atoms with Crippen molar-refractivity contribution in [2.75, 3.05) is 13.2 Å². The Labute approximate surface area is 127 Å². The molecule has 4 N–H and O–H groups in total. The second kappa shape index (κ2) is 7.02. The third-order valence-corrected chi connectivity index (χ3v) is 3.92. The topological polar surface area (TPSA) is 99.4 Å². The van der Waals surface area contributed by atoms with Gasteiger partial charge >= 0.3 is 0 Å². The number of aliphatic hydroxyl groups is 4. The van der Waals surface area contributed by atoms with Gasteiger partial charge in [0.15, 0.2) is 6.29 Å². The van der Waals surface area contributed by atoms with E-state index in [2.05, 4.69) is 0 Å². The Morgan fingerprint density at radius 1 is 1.29 bits per heavy atom. The molecule has 7 heteroatoms. The average Bonchev–Trinajstić information content (AvgIpc) is 2.49. The summed E-state index contributed by atoms with van der Waals surface area (Å²) in [5.41, 5.74) is 1.48. The lowest BCUT2D eigenvalue weighted by Gasteiger charge is -2.40. The van der Waals surface area contributed by atoms with Crippen LogP contribution >= 0.6 is 11.6 Å². The van der Waals surface area contributed by atoms with Crippen LogP contribution in [0.4, 0.5) is 0 Å². The molecule has 2 rings (SSSR count). The predicted octanol–water partition coefficient (Wildman–Crippen LogP) is 0.137. The number of ether oxygens (including phenoxy) is 2. The highest BCUT2D eigenvalue weighted by Gasteiger charge is 2.42. The number of aliphatic hydroxyl groups excluding tert-OH is 4. The normalized spacial score (nSPS) is 31.1. The molecule has 1 fully saturated rings. The average molecular weight is 319 g/mol. The fraction of sp³-hybridized carbons (Fsp3) is 0.571. The van der Waals surface area contributed by atoms with Crippen LogP contribution < -0.4 is 0 Å². The van der Waals surface area contributed by atoms with E-state index in [1.807, 2.05) is 6.92 Å². The highest BCUT2D eigenvalue weighted by Crippen LogP contribution is 2.32. The first kappa shape index (κ1) is 16.6. The fourth-order valence-corrected chi connectivity index (χ4v) is 2.37. The Hall–Kier alpha value is -0.730. The number of rotatable bonds is 4. The molecule has 0 spiro atoms. The Morgan fingerprint density at radius 2 is 2.00 bits per heavy atom. The van der Waals surface area contributed by atoms with Gasteiger partial charge in [-0.15, -0.1) is 0 Å². The fourth-order valence-electron chi connectivity index (χ4n) is 2.25. The maximum atomic E-state index is 9.99. The van der Waals surface area contributed by atoms with Crippen molar-refractivity contribution in [3.8, 4) is 0 Å². The zero-order chi connectivity index (χ0) is 15.6. The Balaban J connectivity index is 2.24. The van der Waals surface area contributed by atoms with Crippen LogP contribution in [-0.4, -0.2) is 58.1 Å². The van der Waals surface area contributed by atoms with Gasteiger partial charge in [-0.05, 0) is 24.6 Å². The molecular formula is C14H19ClO6. The largest absolute Gasteiger partial charge is 0.394 e. The van der Waals surface area contributed by atoms with Gasteiger partial charge in [-0.1, -0.05) is 17.7 Å². The number of halogens is 1. The maximum Gasteiger partial charge on any atom is 0.184 e. The Bertz CT molecular complexity index is 483. The molecule has 1 unspecified atom stereocenters. The summed E-state index contributed by atoms with van der Waals surface area (Å²) in [5.74, 6) is 0. The second-order valence-electron chi connectivity index (χ2n) is 5.04. The first-order chi connectivity index (χ1) is 9.97. The summed E-state index contributed by atoms with van der Waals surface area (Å²) in [5, 5.41) is 38.7. The van der Waals surface area contributed by atoms with Crippen molar-refractivity contribution in [3.05, 3.63) is 34.3 Å². The molecule has 0 aliphatic carbocycles. The Kier molecular flexibility index (Phi) is 5.56. The molecule has 1 aromatic rings. The van der Waals surface area contributed by atoms with Crippen LogP contribution in [0.15, 0.2) is 18.2 Å². The van der Waals surface area contributed by atoms with Gasteiger partial charge in [0.25, 0.3) is 0 Å². The number of aryl methyl sites for hydroxylation is 1. The minimum absolute atomic E-state index is 0.428. The highest BCUT2D eigenvalue weighted by atomic mass is 35.5. The summed E-state index contributed by atoms with van der Waals surface area (Å²) in [6, 6.07) is 5.16. The molecule has 1 aromatic carbocycles. The molecule has 1 saturated heterocycles. The minimum atomic E-state index is -1.27. The molecule has 21 heavy (non-hydrogen) atoms. The number of benzene rings is 1. The molecule has 0 saturated carbocycles. The lowest BCUT2D eigenvalue weighted by Crippen LogP contribution is -2.54. The summed E-state index contributed by atoms with van der Waals surface area (Å²) in [6.07, 6.45) is -5.34. The third-order valence-electron chi connectivity index (χ3n) is 3.50. The molecular weight excluding hydrogens is 300 g/mol. The van der Waals surface area contributed by atoms with Crippen molar-refractivity contribution >= 4 is 11.6 Å². The van der Waals surface area contributed by atoms with E-state index in [-0.39, 0.29) is 0 Å². The van der Waals surface area contributed by atoms with E-state index in [1.54, 1.807) is 18.2 Å². The monoisotopic (exact) mass is 318 g/mol. The van der Waals surface area contributed by atoms with E-state index in [9.17, 15) is 15.3 Å². The number of hydrogen-bond acceptors (Lipinski definition) is 6. The van der Waals surface area contributed by atoms with Crippen molar-refractivity contribution in [3.63, 3.8) is 0 Å². The Morgan fingerprint density at radius 3 is 2.57 bits per heavy atom. The molecule has 6 nitrogen and oxygen atoms in total. The van der Waals surface area contributed by atoms with Crippen molar-refractivity contribution in [2.45, 2.75) is 37.6 Å². The van der Waals surface area contributed by atoms with Crippen molar-refractivity contribution in [1.29, 1.82) is 0 Å². The van der Waals surface area contributed by atoms with Gasteiger partial charge in [-0.3, -0.25) is 0 Å². The van der Waals surface area contributed by atoms with Gasteiger partial charge in [0.05, 0.1) is 13.2 Å². The minimum Gasteiger partial charge on any atom is -0.394 e. The molecule has 0 amide bonds. The summed E-state index contributed by atoms with van der Waals surface area (Å²) >= 11 is 5.97. The van der Waals surface area contributed by atoms with Gasteiger partial charge in [-0.25, -0.2) is 0 Å². The highest BCUT2D eigenvalue weighted by molar-refractivity contribution is 6.31.